The Morgan fingerprint density at radius 3 is 2.49 bits per heavy atom. The largest absolute Gasteiger partial charge is 0.493 e. The van der Waals surface area contributed by atoms with Gasteiger partial charge in [-0.3, -0.25) is 5.32 Å². The zero-order chi connectivity index (χ0) is 26.5. The molecule has 1 aliphatic heterocycles. The molecule has 3 N–H and O–H groups in total. The van der Waals surface area contributed by atoms with Crippen molar-refractivity contribution >= 4 is 40.0 Å². The fraction of sp³-hybridized carbons (Fsp3) is 0.440. The Kier molecular flexibility index (Phi) is 8.29. The number of carbonyl (C=O) groups is 1. The first-order chi connectivity index (χ1) is 17.8. The van der Waals surface area contributed by atoms with Crippen LogP contribution in [-0.4, -0.2) is 78.4 Å². The number of benzene rings is 1. The van der Waals surface area contributed by atoms with Crippen molar-refractivity contribution in [2.75, 3.05) is 56.9 Å². The standard InChI is InChI=1S/C25H33N7O4S/c1-15-22(23(33)34)37-25(27-15)30-24-28-20(26-14-16-6-7-18(35-4)19(12-16)36-5)13-21(29-24)32-10-8-17(9-11-32)31(2)3/h6-7,12-13,17H,8-11,14H2,1-5H3,(H,33,34)(H2,26,27,28,29,30). The van der Waals surface area contributed by atoms with Gasteiger partial charge in [0, 0.05) is 31.7 Å². The van der Waals surface area contributed by atoms with Crippen molar-refractivity contribution in [2.45, 2.75) is 32.4 Å². The number of ether oxygens (including phenoxy) is 2. The Morgan fingerprint density at radius 2 is 1.86 bits per heavy atom. The number of thiazole rings is 1. The molecule has 12 heteroatoms. The Morgan fingerprint density at radius 1 is 1.14 bits per heavy atom. The molecule has 1 aromatic carbocycles. The third-order valence-electron chi connectivity index (χ3n) is 6.36. The topological polar surface area (TPSA) is 125 Å². The van der Waals surface area contributed by atoms with Crippen LogP contribution in [0.25, 0.3) is 0 Å². The molecule has 1 fully saturated rings. The maximum absolute atomic E-state index is 11.5. The summed E-state index contributed by atoms with van der Waals surface area (Å²) >= 11 is 1.06. The number of nitrogens with one attached hydrogen (secondary N) is 2. The van der Waals surface area contributed by atoms with Crippen molar-refractivity contribution in [3.63, 3.8) is 0 Å². The van der Waals surface area contributed by atoms with Gasteiger partial charge in [-0.25, -0.2) is 9.78 Å². The second kappa shape index (κ2) is 11.6. The van der Waals surface area contributed by atoms with Gasteiger partial charge in [-0.2, -0.15) is 9.97 Å². The van der Waals surface area contributed by atoms with Gasteiger partial charge in [0.2, 0.25) is 5.95 Å². The third kappa shape index (κ3) is 6.38. The first kappa shape index (κ1) is 26.4. The molecule has 0 spiro atoms. The average Bonchev–Trinajstić information content (AvgIpc) is 3.27. The summed E-state index contributed by atoms with van der Waals surface area (Å²) in [6.45, 7) is 3.95. The van der Waals surface area contributed by atoms with Gasteiger partial charge >= 0.3 is 5.97 Å². The summed E-state index contributed by atoms with van der Waals surface area (Å²) in [5, 5.41) is 16.3. The van der Waals surface area contributed by atoms with E-state index in [0.29, 0.717) is 46.7 Å². The van der Waals surface area contributed by atoms with Crippen molar-refractivity contribution in [3.05, 3.63) is 40.4 Å². The van der Waals surface area contributed by atoms with Crippen molar-refractivity contribution in [1.29, 1.82) is 0 Å². The number of nitrogens with zero attached hydrogens (tertiary/aromatic N) is 5. The van der Waals surface area contributed by atoms with Gasteiger partial charge in [0.05, 0.1) is 19.9 Å². The van der Waals surface area contributed by atoms with Gasteiger partial charge in [-0.15, -0.1) is 0 Å². The lowest BCUT2D eigenvalue weighted by Gasteiger charge is -2.36. The molecule has 0 amide bonds. The van der Waals surface area contributed by atoms with Crippen LogP contribution < -0.4 is 25.0 Å². The van der Waals surface area contributed by atoms with E-state index in [1.807, 2.05) is 24.3 Å². The molecule has 0 saturated carbocycles. The van der Waals surface area contributed by atoms with Gasteiger partial charge < -0.3 is 29.7 Å². The predicted molar refractivity (Wildman–Crippen MR) is 145 cm³/mol. The average molecular weight is 528 g/mol. The first-order valence-corrected chi connectivity index (χ1v) is 12.8. The number of aryl methyl sites for hydroxylation is 1. The maximum atomic E-state index is 11.5. The highest BCUT2D eigenvalue weighted by Gasteiger charge is 2.23. The Balaban J connectivity index is 1.58. The SMILES string of the molecule is COc1ccc(CNc2cc(N3CCC(N(C)C)CC3)nc(Nc3nc(C)c(C(=O)O)s3)n2)cc1OC. The molecule has 4 rings (SSSR count). The number of rotatable bonds is 10. The molecule has 0 radical (unpaired) electrons. The van der Waals surface area contributed by atoms with Crippen LogP contribution in [0, 0.1) is 6.92 Å². The van der Waals surface area contributed by atoms with Crippen LogP contribution in [0.2, 0.25) is 0 Å². The molecule has 37 heavy (non-hydrogen) atoms. The monoisotopic (exact) mass is 527 g/mol. The molecule has 0 bridgehead atoms. The van der Waals surface area contributed by atoms with Crippen LogP contribution >= 0.6 is 11.3 Å². The van der Waals surface area contributed by atoms with E-state index < -0.39 is 5.97 Å². The molecular weight excluding hydrogens is 494 g/mol. The minimum absolute atomic E-state index is 0.191. The predicted octanol–water partition coefficient (Wildman–Crippen LogP) is 3.84. The molecule has 2 aromatic heterocycles. The van der Waals surface area contributed by atoms with Crippen LogP contribution in [0.15, 0.2) is 24.3 Å². The summed E-state index contributed by atoms with van der Waals surface area (Å²) in [6, 6.07) is 8.25. The van der Waals surface area contributed by atoms with Crippen LogP contribution in [0.1, 0.15) is 33.8 Å². The summed E-state index contributed by atoms with van der Waals surface area (Å²) in [5.41, 5.74) is 1.45. The number of methoxy groups -OCH3 is 2. The number of hydrogen-bond acceptors (Lipinski definition) is 11. The minimum Gasteiger partial charge on any atom is -0.493 e. The highest BCUT2D eigenvalue weighted by molar-refractivity contribution is 7.17. The lowest BCUT2D eigenvalue weighted by atomic mass is 10.0. The molecule has 0 unspecified atom stereocenters. The summed E-state index contributed by atoms with van der Waals surface area (Å²) in [6.07, 6.45) is 2.09. The Bertz CT molecular complexity index is 1240. The number of anilines is 4. The number of aromatic nitrogens is 3. The number of piperidine rings is 1. The summed E-state index contributed by atoms with van der Waals surface area (Å²) in [7, 11) is 7.45. The van der Waals surface area contributed by atoms with E-state index in [-0.39, 0.29) is 4.88 Å². The molecule has 1 saturated heterocycles. The summed E-state index contributed by atoms with van der Waals surface area (Å²) in [4.78, 5) is 29.9. The van der Waals surface area contributed by atoms with Gasteiger partial charge in [-0.05, 0) is 51.6 Å². The fourth-order valence-corrected chi connectivity index (χ4v) is 5.08. The quantitative estimate of drug-likeness (QED) is 0.356. The molecule has 0 atom stereocenters. The number of aromatic carboxylic acids is 1. The van der Waals surface area contributed by atoms with Crippen molar-refractivity contribution in [2.24, 2.45) is 0 Å². The van der Waals surface area contributed by atoms with E-state index >= 15 is 0 Å². The summed E-state index contributed by atoms with van der Waals surface area (Å²) < 4.78 is 10.8. The second-order valence-electron chi connectivity index (χ2n) is 9.02. The lowest BCUT2D eigenvalue weighted by Crippen LogP contribution is -2.42. The minimum atomic E-state index is -1.00. The van der Waals surface area contributed by atoms with E-state index in [1.165, 1.54) is 0 Å². The van der Waals surface area contributed by atoms with Crippen molar-refractivity contribution in [3.8, 4) is 11.5 Å². The van der Waals surface area contributed by atoms with Gasteiger partial charge in [0.15, 0.2) is 16.6 Å². The molecule has 0 aliphatic carbocycles. The normalized spacial score (nSPS) is 14.1. The van der Waals surface area contributed by atoms with Gasteiger partial charge in [-0.1, -0.05) is 17.4 Å². The Labute approximate surface area is 220 Å². The van der Waals surface area contributed by atoms with Crippen LogP contribution in [0.5, 0.6) is 11.5 Å². The first-order valence-electron chi connectivity index (χ1n) is 12.0. The molecule has 3 aromatic rings. The zero-order valence-electron chi connectivity index (χ0n) is 21.7. The van der Waals surface area contributed by atoms with E-state index in [4.69, 9.17) is 14.5 Å². The van der Waals surface area contributed by atoms with Crippen LogP contribution in [0.4, 0.5) is 22.7 Å². The Hall–Kier alpha value is -3.64. The number of hydrogen-bond donors (Lipinski definition) is 3. The van der Waals surface area contributed by atoms with E-state index in [9.17, 15) is 9.90 Å². The van der Waals surface area contributed by atoms with E-state index in [0.717, 1.165) is 48.6 Å². The molecular formula is C25H33N7O4S. The van der Waals surface area contributed by atoms with Crippen molar-refractivity contribution in [1.82, 2.24) is 19.9 Å². The molecule has 1 aliphatic rings. The molecule has 3 heterocycles. The zero-order valence-corrected chi connectivity index (χ0v) is 22.6. The van der Waals surface area contributed by atoms with Crippen LogP contribution in [-0.2, 0) is 6.54 Å². The lowest BCUT2D eigenvalue weighted by molar-refractivity contribution is 0.0701. The molecule has 198 valence electrons. The van der Waals surface area contributed by atoms with Crippen LogP contribution in [0.3, 0.4) is 0 Å². The smallest absolute Gasteiger partial charge is 0.347 e. The third-order valence-corrected chi connectivity index (χ3v) is 7.42. The number of carboxylic acid groups (broad SMARTS) is 1. The van der Waals surface area contributed by atoms with Crippen molar-refractivity contribution < 1.29 is 19.4 Å². The molecule has 11 nitrogen and oxygen atoms in total. The second-order valence-corrected chi connectivity index (χ2v) is 10.0. The maximum Gasteiger partial charge on any atom is 0.347 e. The highest BCUT2D eigenvalue weighted by atomic mass is 32.1. The number of carboxylic acids is 1. The van der Waals surface area contributed by atoms with Gasteiger partial charge in [0.1, 0.15) is 16.5 Å². The fourth-order valence-electron chi connectivity index (χ4n) is 4.28. The highest BCUT2D eigenvalue weighted by Crippen LogP contribution is 2.30. The van der Waals surface area contributed by atoms with Gasteiger partial charge in [0.25, 0.3) is 0 Å². The van der Waals surface area contributed by atoms with E-state index in [2.05, 4.69) is 44.5 Å². The van der Waals surface area contributed by atoms with E-state index in [1.54, 1.807) is 21.1 Å². The summed E-state index contributed by atoms with van der Waals surface area (Å²) in [5.74, 6) is 2.12.